The third-order valence-electron chi connectivity index (χ3n) is 2.26. The summed E-state index contributed by atoms with van der Waals surface area (Å²) in [6.45, 7) is 2.71. The average molecular weight is 289 g/mol. The van der Waals surface area contributed by atoms with Crippen LogP contribution < -0.4 is 9.47 Å². The zero-order valence-electron chi connectivity index (χ0n) is 9.62. The maximum Gasteiger partial charge on any atom is 0.165 e. The molecule has 0 amide bonds. The third kappa shape index (κ3) is 3.12. The van der Waals surface area contributed by atoms with E-state index >= 15 is 0 Å². The minimum Gasteiger partial charge on any atom is -0.493 e. The molecule has 16 heavy (non-hydrogen) atoms. The second-order valence-corrected chi connectivity index (χ2v) is 4.17. The van der Waals surface area contributed by atoms with Crippen LogP contribution in [0, 0.1) is 0 Å². The van der Waals surface area contributed by atoms with Crippen LogP contribution in [0.4, 0.5) is 0 Å². The molecule has 0 heterocycles. The highest BCUT2D eigenvalue weighted by Gasteiger charge is 2.13. The summed E-state index contributed by atoms with van der Waals surface area (Å²) < 4.78 is 11.9. The predicted octanol–water partition coefficient (Wildman–Crippen LogP) is 2.78. The van der Waals surface area contributed by atoms with Crippen LogP contribution in [0.3, 0.4) is 0 Å². The second-order valence-electron chi connectivity index (χ2n) is 3.32. The number of aliphatic hydroxyl groups is 1. The highest BCUT2D eigenvalue weighted by Crippen LogP contribution is 2.36. The van der Waals surface area contributed by atoms with Gasteiger partial charge in [0, 0.05) is 16.6 Å². The summed E-state index contributed by atoms with van der Waals surface area (Å²) >= 11 is 3.49. The maximum absolute atomic E-state index is 8.88. The lowest BCUT2D eigenvalue weighted by Crippen LogP contribution is -2.01. The van der Waals surface area contributed by atoms with Gasteiger partial charge in [0.05, 0.1) is 13.7 Å². The number of rotatable bonds is 6. The standard InChI is InChI=1S/C12H17BrO3/c1-3-16-12-9(5-4-8-14)10(13)6-7-11(12)15-2/h6-7,14H,3-5,8H2,1-2H3. The van der Waals surface area contributed by atoms with E-state index in [4.69, 9.17) is 14.6 Å². The van der Waals surface area contributed by atoms with Crippen molar-refractivity contribution in [1.82, 2.24) is 0 Å². The Balaban J connectivity index is 3.08. The molecular weight excluding hydrogens is 272 g/mol. The van der Waals surface area contributed by atoms with Crippen molar-refractivity contribution in [2.75, 3.05) is 20.3 Å². The van der Waals surface area contributed by atoms with Crippen LogP contribution in [-0.4, -0.2) is 25.4 Å². The van der Waals surface area contributed by atoms with Gasteiger partial charge in [0.1, 0.15) is 0 Å². The molecule has 0 radical (unpaired) electrons. The highest BCUT2D eigenvalue weighted by atomic mass is 79.9. The zero-order chi connectivity index (χ0) is 12.0. The average Bonchev–Trinajstić information content (AvgIpc) is 2.29. The monoisotopic (exact) mass is 288 g/mol. The summed E-state index contributed by atoms with van der Waals surface area (Å²) in [5.41, 5.74) is 1.05. The number of benzene rings is 1. The molecule has 0 bridgehead atoms. The number of aliphatic hydroxyl groups excluding tert-OH is 1. The van der Waals surface area contributed by atoms with Crippen molar-refractivity contribution in [2.24, 2.45) is 0 Å². The normalized spacial score (nSPS) is 10.2. The quantitative estimate of drug-likeness (QED) is 0.875. The van der Waals surface area contributed by atoms with Crippen LogP contribution in [0.2, 0.25) is 0 Å². The molecule has 1 rings (SSSR count). The Labute approximate surface area is 105 Å². The predicted molar refractivity (Wildman–Crippen MR) is 67.3 cm³/mol. The highest BCUT2D eigenvalue weighted by molar-refractivity contribution is 9.10. The van der Waals surface area contributed by atoms with Crippen molar-refractivity contribution in [3.63, 3.8) is 0 Å². The number of halogens is 1. The van der Waals surface area contributed by atoms with Crippen molar-refractivity contribution < 1.29 is 14.6 Å². The van der Waals surface area contributed by atoms with E-state index in [9.17, 15) is 0 Å². The van der Waals surface area contributed by atoms with Crippen molar-refractivity contribution in [3.05, 3.63) is 22.2 Å². The summed E-state index contributed by atoms with van der Waals surface area (Å²) in [6, 6.07) is 3.81. The van der Waals surface area contributed by atoms with Crippen molar-refractivity contribution in [3.8, 4) is 11.5 Å². The van der Waals surface area contributed by atoms with Crippen LogP contribution in [0.15, 0.2) is 16.6 Å². The first-order valence-electron chi connectivity index (χ1n) is 5.33. The van der Waals surface area contributed by atoms with E-state index in [1.54, 1.807) is 7.11 Å². The molecule has 3 nitrogen and oxygen atoms in total. The van der Waals surface area contributed by atoms with E-state index in [0.717, 1.165) is 28.0 Å². The molecule has 0 atom stereocenters. The van der Waals surface area contributed by atoms with E-state index in [0.29, 0.717) is 13.0 Å². The van der Waals surface area contributed by atoms with Gasteiger partial charge in [-0.2, -0.15) is 0 Å². The van der Waals surface area contributed by atoms with E-state index in [1.807, 2.05) is 19.1 Å². The Morgan fingerprint density at radius 3 is 2.69 bits per heavy atom. The van der Waals surface area contributed by atoms with Gasteiger partial charge in [-0.3, -0.25) is 0 Å². The van der Waals surface area contributed by atoms with Crippen molar-refractivity contribution in [2.45, 2.75) is 19.8 Å². The van der Waals surface area contributed by atoms with Gasteiger partial charge in [-0.05, 0) is 31.9 Å². The molecule has 0 saturated heterocycles. The van der Waals surface area contributed by atoms with E-state index in [-0.39, 0.29) is 6.61 Å². The summed E-state index contributed by atoms with van der Waals surface area (Å²) in [6.07, 6.45) is 1.48. The smallest absolute Gasteiger partial charge is 0.165 e. The Kier molecular flexibility index (Phi) is 5.63. The molecule has 0 spiro atoms. The second kappa shape index (κ2) is 6.76. The van der Waals surface area contributed by atoms with E-state index in [1.165, 1.54) is 0 Å². The molecule has 1 N–H and O–H groups in total. The molecule has 0 aliphatic carbocycles. The molecule has 0 fully saturated rings. The number of ether oxygens (including phenoxy) is 2. The van der Waals surface area contributed by atoms with Gasteiger partial charge in [-0.15, -0.1) is 0 Å². The molecule has 0 unspecified atom stereocenters. The lowest BCUT2D eigenvalue weighted by Gasteiger charge is -2.15. The Morgan fingerprint density at radius 1 is 1.38 bits per heavy atom. The topological polar surface area (TPSA) is 38.7 Å². The van der Waals surface area contributed by atoms with Gasteiger partial charge in [-0.25, -0.2) is 0 Å². The Morgan fingerprint density at radius 2 is 2.12 bits per heavy atom. The van der Waals surface area contributed by atoms with E-state index < -0.39 is 0 Å². The fraction of sp³-hybridized carbons (Fsp3) is 0.500. The van der Waals surface area contributed by atoms with Crippen LogP contribution in [0.25, 0.3) is 0 Å². The lowest BCUT2D eigenvalue weighted by atomic mass is 10.1. The molecule has 1 aromatic carbocycles. The largest absolute Gasteiger partial charge is 0.493 e. The first-order valence-corrected chi connectivity index (χ1v) is 6.12. The van der Waals surface area contributed by atoms with Gasteiger partial charge in [0.2, 0.25) is 0 Å². The maximum atomic E-state index is 8.88. The van der Waals surface area contributed by atoms with Crippen LogP contribution >= 0.6 is 15.9 Å². The van der Waals surface area contributed by atoms with Crippen LogP contribution in [0.5, 0.6) is 11.5 Å². The molecule has 0 saturated carbocycles. The van der Waals surface area contributed by atoms with Crippen LogP contribution in [0.1, 0.15) is 18.9 Å². The Hall–Kier alpha value is -0.740. The number of methoxy groups -OCH3 is 1. The molecule has 4 heteroatoms. The third-order valence-corrected chi connectivity index (χ3v) is 3.00. The summed E-state index contributed by atoms with van der Waals surface area (Å²) in [7, 11) is 1.63. The van der Waals surface area contributed by atoms with Crippen LogP contribution in [-0.2, 0) is 6.42 Å². The van der Waals surface area contributed by atoms with Crippen molar-refractivity contribution >= 4 is 15.9 Å². The molecular formula is C12H17BrO3. The Bertz CT molecular complexity index is 339. The first kappa shape index (κ1) is 13.3. The number of hydrogen-bond acceptors (Lipinski definition) is 3. The molecule has 0 aromatic heterocycles. The minimum atomic E-state index is 0.176. The summed E-state index contributed by atoms with van der Waals surface area (Å²) in [5, 5.41) is 8.88. The minimum absolute atomic E-state index is 0.176. The summed E-state index contributed by atoms with van der Waals surface area (Å²) in [4.78, 5) is 0. The molecule has 1 aromatic rings. The SMILES string of the molecule is CCOc1c(OC)ccc(Br)c1CCCO. The van der Waals surface area contributed by atoms with Gasteiger partial charge in [0.15, 0.2) is 11.5 Å². The van der Waals surface area contributed by atoms with E-state index in [2.05, 4.69) is 15.9 Å². The molecule has 0 aliphatic heterocycles. The first-order chi connectivity index (χ1) is 7.74. The number of hydrogen-bond donors (Lipinski definition) is 1. The summed E-state index contributed by atoms with van der Waals surface area (Å²) in [5.74, 6) is 1.51. The van der Waals surface area contributed by atoms with Gasteiger partial charge in [-0.1, -0.05) is 15.9 Å². The fourth-order valence-corrected chi connectivity index (χ4v) is 2.04. The fourth-order valence-electron chi connectivity index (χ4n) is 1.53. The van der Waals surface area contributed by atoms with Gasteiger partial charge >= 0.3 is 0 Å². The molecule has 90 valence electrons. The van der Waals surface area contributed by atoms with Gasteiger partial charge < -0.3 is 14.6 Å². The van der Waals surface area contributed by atoms with Gasteiger partial charge in [0.25, 0.3) is 0 Å². The lowest BCUT2D eigenvalue weighted by molar-refractivity contribution is 0.284. The van der Waals surface area contributed by atoms with Crippen molar-refractivity contribution in [1.29, 1.82) is 0 Å². The molecule has 0 aliphatic rings. The zero-order valence-corrected chi connectivity index (χ0v) is 11.2.